The Kier molecular flexibility index (Phi) is 4.19. The number of aryl methyl sites for hydroxylation is 1. The zero-order valence-corrected chi connectivity index (χ0v) is 12.9. The Morgan fingerprint density at radius 2 is 1.83 bits per heavy atom. The Hall–Kier alpha value is -2.54. The predicted octanol–water partition coefficient (Wildman–Crippen LogP) is 2.94. The summed E-state index contributed by atoms with van der Waals surface area (Å²) in [5.41, 5.74) is 5.91. The van der Waals surface area contributed by atoms with Gasteiger partial charge in [0.25, 0.3) is 5.91 Å². The zero-order valence-electron chi connectivity index (χ0n) is 12.9. The summed E-state index contributed by atoms with van der Waals surface area (Å²) in [6.07, 6.45) is 0. The molecule has 0 bridgehead atoms. The molecule has 0 saturated carbocycles. The number of hydrogen-bond acceptors (Lipinski definition) is 3. The number of amides is 1. The fourth-order valence-electron chi connectivity index (χ4n) is 2.59. The Labute approximate surface area is 137 Å². The lowest BCUT2D eigenvalue weighted by molar-refractivity contribution is 0.0604. The first-order valence-corrected chi connectivity index (χ1v) is 7.42. The molecule has 3 N–H and O–H groups in total. The van der Waals surface area contributed by atoms with E-state index in [1.54, 1.807) is 13.0 Å². The molecule has 0 aromatic heterocycles. The molecule has 1 amide bonds. The van der Waals surface area contributed by atoms with E-state index in [0.29, 0.717) is 24.7 Å². The predicted molar refractivity (Wildman–Crippen MR) is 84.7 cm³/mol. The van der Waals surface area contributed by atoms with Crippen LogP contribution in [0.2, 0.25) is 0 Å². The van der Waals surface area contributed by atoms with E-state index in [1.165, 1.54) is 17.0 Å². The van der Waals surface area contributed by atoms with Crippen molar-refractivity contribution >= 4 is 17.3 Å². The molecule has 0 radical (unpaired) electrons. The maximum Gasteiger partial charge on any atom is 0.259 e. The number of likely N-dealkylation sites (tertiary alicyclic amines) is 1. The van der Waals surface area contributed by atoms with Crippen molar-refractivity contribution < 1.29 is 18.0 Å². The van der Waals surface area contributed by atoms with E-state index in [2.05, 4.69) is 5.32 Å². The topological polar surface area (TPSA) is 58.4 Å². The molecule has 1 fully saturated rings. The van der Waals surface area contributed by atoms with Crippen LogP contribution < -0.4 is 11.1 Å². The normalized spacial score (nSPS) is 14.5. The Bertz CT molecular complexity index is 804. The second-order valence-electron chi connectivity index (χ2n) is 5.89. The highest BCUT2D eigenvalue weighted by atomic mass is 19.1. The number of nitrogens with zero attached hydrogens (tertiary/aromatic N) is 1. The first-order valence-electron chi connectivity index (χ1n) is 7.42. The van der Waals surface area contributed by atoms with E-state index in [1.807, 2.05) is 0 Å². The summed E-state index contributed by atoms with van der Waals surface area (Å²) >= 11 is 0. The van der Waals surface area contributed by atoms with Gasteiger partial charge in [-0.2, -0.15) is 0 Å². The zero-order chi connectivity index (χ0) is 17.4. The van der Waals surface area contributed by atoms with Gasteiger partial charge in [0.05, 0.1) is 16.9 Å². The number of hydrogen-bond donors (Lipinski definition) is 2. The average molecular weight is 335 g/mol. The second-order valence-corrected chi connectivity index (χ2v) is 5.89. The van der Waals surface area contributed by atoms with Crippen LogP contribution in [0.3, 0.4) is 0 Å². The van der Waals surface area contributed by atoms with Gasteiger partial charge in [-0.3, -0.25) is 4.79 Å². The average Bonchev–Trinajstić information content (AvgIpc) is 2.46. The van der Waals surface area contributed by atoms with E-state index < -0.39 is 23.4 Å². The molecule has 24 heavy (non-hydrogen) atoms. The number of carbonyl (C=O) groups is 1. The van der Waals surface area contributed by atoms with Crippen molar-refractivity contribution in [3.8, 4) is 0 Å². The van der Waals surface area contributed by atoms with Crippen LogP contribution in [0.4, 0.5) is 24.5 Å². The second kappa shape index (κ2) is 6.16. The number of carbonyl (C=O) groups excluding carboxylic acids is 1. The summed E-state index contributed by atoms with van der Waals surface area (Å²) in [6.45, 7) is 2.32. The molecule has 2 aromatic rings. The Balaban J connectivity index is 1.98. The summed E-state index contributed by atoms with van der Waals surface area (Å²) in [5, 5.41) is 2.61. The van der Waals surface area contributed by atoms with Crippen LogP contribution in [0, 0.1) is 24.4 Å². The molecule has 7 heteroatoms. The smallest absolute Gasteiger partial charge is 0.259 e. The van der Waals surface area contributed by atoms with Gasteiger partial charge in [0.15, 0.2) is 0 Å². The lowest BCUT2D eigenvalue weighted by Gasteiger charge is -2.37. The van der Waals surface area contributed by atoms with Gasteiger partial charge in [-0.15, -0.1) is 0 Å². The standard InChI is InChI=1S/C17H16F3N3O/c1-9-2-3-14(12(19)4-9)22-15-6-10(18)5-13(20)16(15)17(24)23-7-11(21)8-23/h2-6,11,22H,7-8,21H2,1H3. The van der Waals surface area contributed by atoms with Crippen LogP contribution in [0.5, 0.6) is 0 Å². The minimum atomic E-state index is -1.00. The van der Waals surface area contributed by atoms with Gasteiger partial charge in [-0.25, -0.2) is 13.2 Å². The van der Waals surface area contributed by atoms with Crippen molar-refractivity contribution in [2.75, 3.05) is 18.4 Å². The van der Waals surface area contributed by atoms with Gasteiger partial charge in [0.1, 0.15) is 17.5 Å². The van der Waals surface area contributed by atoms with Crippen molar-refractivity contribution in [2.45, 2.75) is 13.0 Å². The van der Waals surface area contributed by atoms with Crippen molar-refractivity contribution in [1.29, 1.82) is 0 Å². The Morgan fingerprint density at radius 3 is 2.46 bits per heavy atom. The molecule has 3 rings (SSSR count). The number of rotatable bonds is 3. The van der Waals surface area contributed by atoms with Gasteiger partial charge in [0, 0.05) is 25.2 Å². The van der Waals surface area contributed by atoms with Crippen LogP contribution in [-0.4, -0.2) is 29.9 Å². The molecule has 2 aromatic carbocycles. The van der Waals surface area contributed by atoms with Gasteiger partial charge in [-0.1, -0.05) is 6.07 Å². The van der Waals surface area contributed by atoms with Crippen LogP contribution in [0.1, 0.15) is 15.9 Å². The highest BCUT2D eigenvalue weighted by Gasteiger charge is 2.32. The molecule has 1 aliphatic heterocycles. The molecule has 1 aliphatic rings. The third-order valence-corrected chi connectivity index (χ3v) is 3.86. The van der Waals surface area contributed by atoms with Crippen molar-refractivity contribution in [1.82, 2.24) is 4.90 Å². The van der Waals surface area contributed by atoms with E-state index in [9.17, 15) is 18.0 Å². The summed E-state index contributed by atoms with van der Waals surface area (Å²) < 4.78 is 41.8. The molecule has 1 heterocycles. The van der Waals surface area contributed by atoms with E-state index >= 15 is 0 Å². The molecule has 0 aliphatic carbocycles. The molecule has 4 nitrogen and oxygen atoms in total. The van der Waals surface area contributed by atoms with Crippen molar-refractivity contribution in [2.24, 2.45) is 5.73 Å². The number of nitrogens with two attached hydrogens (primary N) is 1. The number of nitrogens with one attached hydrogen (secondary N) is 1. The number of anilines is 2. The quantitative estimate of drug-likeness (QED) is 0.907. The minimum Gasteiger partial charge on any atom is -0.352 e. The molecule has 1 saturated heterocycles. The highest BCUT2D eigenvalue weighted by Crippen LogP contribution is 2.28. The van der Waals surface area contributed by atoms with E-state index in [4.69, 9.17) is 5.73 Å². The molecule has 0 atom stereocenters. The largest absolute Gasteiger partial charge is 0.352 e. The lowest BCUT2D eigenvalue weighted by atomic mass is 10.0. The first kappa shape index (κ1) is 16.3. The summed E-state index contributed by atoms with van der Waals surface area (Å²) in [4.78, 5) is 13.8. The molecule has 0 unspecified atom stereocenters. The van der Waals surface area contributed by atoms with Crippen LogP contribution in [-0.2, 0) is 0 Å². The van der Waals surface area contributed by atoms with Crippen LogP contribution in [0.25, 0.3) is 0 Å². The molecular weight excluding hydrogens is 319 g/mol. The summed E-state index contributed by atoms with van der Waals surface area (Å²) in [7, 11) is 0. The number of halogens is 3. The highest BCUT2D eigenvalue weighted by molar-refractivity contribution is 6.01. The molecule has 126 valence electrons. The van der Waals surface area contributed by atoms with E-state index in [-0.39, 0.29) is 23.0 Å². The monoisotopic (exact) mass is 335 g/mol. The van der Waals surface area contributed by atoms with Gasteiger partial charge in [0.2, 0.25) is 0 Å². The Morgan fingerprint density at radius 1 is 1.12 bits per heavy atom. The van der Waals surface area contributed by atoms with Gasteiger partial charge < -0.3 is 16.0 Å². The summed E-state index contributed by atoms with van der Waals surface area (Å²) in [5.74, 6) is -3.05. The maximum absolute atomic E-state index is 14.2. The SMILES string of the molecule is Cc1ccc(Nc2cc(F)cc(F)c2C(=O)N2CC(N)C2)c(F)c1. The van der Waals surface area contributed by atoms with E-state index in [0.717, 1.165) is 6.07 Å². The third-order valence-electron chi connectivity index (χ3n) is 3.86. The van der Waals surface area contributed by atoms with Crippen LogP contribution in [0.15, 0.2) is 30.3 Å². The van der Waals surface area contributed by atoms with Crippen molar-refractivity contribution in [3.05, 3.63) is 58.9 Å². The van der Waals surface area contributed by atoms with Crippen molar-refractivity contribution in [3.63, 3.8) is 0 Å². The molecule has 0 spiro atoms. The van der Waals surface area contributed by atoms with Gasteiger partial charge in [-0.05, 0) is 30.7 Å². The molecular formula is C17H16F3N3O. The first-order chi connectivity index (χ1) is 11.3. The van der Waals surface area contributed by atoms with Gasteiger partial charge >= 0.3 is 0 Å². The number of benzene rings is 2. The third kappa shape index (κ3) is 3.07. The maximum atomic E-state index is 14.2. The summed E-state index contributed by atoms with van der Waals surface area (Å²) in [6, 6.07) is 5.83. The van der Waals surface area contributed by atoms with Crippen LogP contribution >= 0.6 is 0 Å². The lowest BCUT2D eigenvalue weighted by Crippen LogP contribution is -2.58. The minimum absolute atomic E-state index is 0.0277. The fourth-order valence-corrected chi connectivity index (χ4v) is 2.59. The fraction of sp³-hybridized carbons (Fsp3) is 0.235.